The molecule has 3 aromatic rings. The predicted molar refractivity (Wildman–Crippen MR) is 82.1 cm³/mol. The Morgan fingerprint density at radius 3 is 2.55 bits per heavy atom. The number of para-hydroxylation sites is 2. The molecule has 0 unspecified atom stereocenters. The molecule has 0 spiro atoms. The van der Waals surface area contributed by atoms with Crippen molar-refractivity contribution in [3.63, 3.8) is 0 Å². The monoisotopic (exact) mass is 259 g/mol. The van der Waals surface area contributed by atoms with Crippen molar-refractivity contribution in [1.82, 2.24) is 0 Å². The molecule has 0 saturated heterocycles. The number of benzene rings is 3. The van der Waals surface area contributed by atoms with E-state index in [9.17, 15) is 0 Å². The second-order valence-corrected chi connectivity index (χ2v) is 4.88. The summed E-state index contributed by atoms with van der Waals surface area (Å²) in [6.45, 7) is 0.523. The number of hydrogen-bond donors (Lipinski definition) is 0. The Morgan fingerprint density at radius 2 is 1.60 bits per heavy atom. The molecule has 4 rings (SSSR count). The van der Waals surface area contributed by atoms with Crippen molar-refractivity contribution in [3.05, 3.63) is 72.3 Å². The topological polar surface area (TPSA) is 21.6 Å². The lowest BCUT2D eigenvalue weighted by atomic mass is 10.0. The maximum absolute atomic E-state index is 5.77. The third kappa shape index (κ3) is 1.86. The van der Waals surface area contributed by atoms with Gasteiger partial charge in [-0.15, -0.1) is 0 Å². The minimum atomic E-state index is 0.523. The lowest BCUT2D eigenvalue weighted by Crippen LogP contribution is -2.16. The quantitative estimate of drug-likeness (QED) is 0.636. The van der Waals surface area contributed by atoms with Gasteiger partial charge in [0.05, 0.1) is 5.71 Å². The fourth-order valence-corrected chi connectivity index (χ4v) is 2.51. The average Bonchev–Trinajstić information content (AvgIpc) is 2.54. The summed E-state index contributed by atoms with van der Waals surface area (Å²) in [6, 6.07) is 22.7. The van der Waals surface area contributed by atoms with Crippen LogP contribution in [0.1, 0.15) is 5.56 Å². The van der Waals surface area contributed by atoms with Crippen molar-refractivity contribution in [1.29, 1.82) is 0 Å². The summed E-state index contributed by atoms with van der Waals surface area (Å²) < 4.78 is 5.77. The van der Waals surface area contributed by atoms with Gasteiger partial charge in [-0.3, -0.25) is 0 Å². The number of nitrogens with zero attached hydrogens (tertiary/aromatic N) is 1. The van der Waals surface area contributed by atoms with Crippen LogP contribution in [0.25, 0.3) is 10.8 Å². The smallest absolute Gasteiger partial charge is 0.145 e. The van der Waals surface area contributed by atoms with Crippen LogP contribution in [0.2, 0.25) is 0 Å². The zero-order chi connectivity index (χ0) is 13.4. The van der Waals surface area contributed by atoms with Crippen LogP contribution in [0.15, 0.2) is 71.7 Å². The van der Waals surface area contributed by atoms with E-state index < -0.39 is 0 Å². The molecule has 1 aliphatic heterocycles. The van der Waals surface area contributed by atoms with Gasteiger partial charge in [0.15, 0.2) is 0 Å². The summed E-state index contributed by atoms with van der Waals surface area (Å²) in [4.78, 5) is 4.71. The molecule has 0 atom stereocenters. The summed E-state index contributed by atoms with van der Waals surface area (Å²) in [7, 11) is 0. The van der Waals surface area contributed by atoms with Crippen LogP contribution in [-0.2, 0) is 0 Å². The third-order valence-electron chi connectivity index (χ3n) is 3.57. The van der Waals surface area contributed by atoms with E-state index in [1.165, 1.54) is 10.8 Å². The second kappa shape index (κ2) is 4.49. The first-order valence-electron chi connectivity index (χ1n) is 6.69. The van der Waals surface area contributed by atoms with E-state index in [-0.39, 0.29) is 0 Å². The van der Waals surface area contributed by atoms with Gasteiger partial charge >= 0.3 is 0 Å². The van der Waals surface area contributed by atoms with Gasteiger partial charge in [-0.25, -0.2) is 4.99 Å². The van der Waals surface area contributed by atoms with Crippen molar-refractivity contribution in [2.75, 3.05) is 6.61 Å². The fraction of sp³-hybridized carbons (Fsp3) is 0.0556. The van der Waals surface area contributed by atoms with Crippen LogP contribution in [0.4, 0.5) is 5.69 Å². The molecule has 1 aliphatic rings. The van der Waals surface area contributed by atoms with Gasteiger partial charge in [-0.1, -0.05) is 48.5 Å². The largest absolute Gasteiger partial charge is 0.485 e. The normalized spacial score (nSPS) is 13.5. The van der Waals surface area contributed by atoms with Crippen molar-refractivity contribution in [3.8, 4) is 5.75 Å². The summed E-state index contributed by atoms with van der Waals surface area (Å²) in [5.41, 5.74) is 3.01. The summed E-state index contributed by atoms with van der Waals surface area (Å²) >= 11 is 0. The Bertz CT molecular complexity index is 820. The molecule has 2 nitrogen and oxygen atoms in total. The Kier molecular flexibility index (Phi) is 2.52. The van der Waals surface area contributed by atoms with Crippen molar-refractivity contribution in [2.24, 2.45) is 4.99 Å². The lowest BCUT2D eigenvalue weighted by Gasteiger charge is -2.17. The lowest BCUT2D eigenvalue weighted by molar-refractivity contribution is 0.373. The standard InChI is InChI=1S/C18H13NO/c1-2-6-14-11-15(10-9-13(14)5-1)17-12-20-18-8-4-3-7-16(18)19-17/h1-11H,12H2. The van der Waals surface area contributed by atoms with Gasteiger partial charge in [-0.2, -0.15) is 0 Å². The van der Waals surface area contributed by atoms with Crippen LogP contribution in [0, 0.1) is 0 Å². The highest BCUT2D eigenvalue weighted by Gasteiger charge is 2.14. The molecule has 0 fully saturated rings. The summed E-state index contributed by atoms with van der Waals surface area (Å²) in [6.07, 6.45) is 0. The molecule has 0 radical (unpaired) electrons. The van der Waals surface area contributed by atoms with Gasteiger partial charge in [0, 0.05) is 5.56 Å². The number of fused-ring (bicyclic) bond motifs is 2. The molecule has 0 bridgehead atoms. The first kappa shape index (κ1) is 11.2. The highest BCUT2D eigenvalue weighted by molar-refractivity contribution is 6.06. The minimum absolute atomic E-state index is 0.523. The Morgan fingerprint density at radius 1 is 0.800 bits per heavy atom. The Balaban J connectivity index is 1.82. The average molecular weight is 259 g/mol. The van der Waals surface area contributed by atoms with Crippen LogP contribution < -0.4 is 4.74 Å². The predicted octanol–water partition coefficient (Wildman–Crippen LogP) is 4.35. The van der Waals surface area contributed by atoms with Crippen molar-refractivity contribution in [2.45, 2.75) is 0 Å². The third-order valence-corrected chi connectivity index (χ3v) is 3.57. The van der Waals surface area contributed by atoms with Gasteiger partial charge in [0.1, 0.15) is 18.0 Å². The maximum Gasteiger partial charge on any atom is 0.145 e. The van der Waals surface area contributed by atoms with Crippen LogP contribution in [-0.4, -0.2) is 12.3 Å². The molecule has 20 heavy (non-hydrogen) atoms. The molecule has 0 saturated carbocycles. The number of aliphatic imine (C=N–C) groups is 1. The molecule has 0 aromatic heterocycles. The molecule has 0 aliphatic carbocycles. The second-order valence-electron chi connectivity index (χ2n) is 4.88. The van der Waals surface area contributed by atoms with Crippen LogP contribution in [0.5, 0.6) is 5.75 Å². The van der Waals surface area contributed by atoms with E-state index in [4.69, 9.17) is 9.73 Å². The first-order valence-corrected chi connectivity index (χ1v) is 6.69. The van der Waals surface area contributed by atoms with E-state index in [0.717, 1.165) is 22.7 Å². The molecule has 0 amide bonds. The minimum Gasteiger partial charge on any atom is -0.485 e. The number of ether oxygens (including phenoxy) is 1. The molecule has 96 valence electrons. The van der Waals surface area contributed by atoms with E-state index in [1.807, 2.05) is 24.3 Å². The Hall–Kier alpha value is -2.61. The zero-order valence-corrected chi connectivity index (χ0v) is 10.9. The maximum atomic E-state index is 5.77. The number of rotatable bonds is 1. The van der Waals surface area contributed by atoms with Gasteiger partial charge in [-0.05, 0) is 29.0 Å². The summed E-state index contributed by atoms with van der Waals surface area (Å²) in [5, 5.41) is 2.47. The van der Waals surface area contributed by atoms with Crippen LogP contribution >= 0.6 is 0 Å². The first-order chi connectivity index (χ1) is 9.90. The highest BCUT2D eigenvalue weighted by atomic mass is 16.5. The van der Waals surface area contributed by atoms with Gasteiger partial charge in [0.25, 0.3) is 0 Å². The van der Waals surface area contributed by atoms with E-state index in [0.29, 0.717) is 6.61 Å². The molecule has 1 heterocycles. The fourth-order valence-electron chi connectivity index (χ4n) is 2.51. The van der Waals surface area contributed by atoms with E-state index in [2.05, 4.69) is 42.5 Å². The molecular formula is C18H13NO. The SMILES string of the molecule is c1ccc2c(c1)N=C(c1ccc3ccccc3c1)CO2. The molecule has 3 aromatic carbocycles. The van der Waals surface area contributed by atoms with Crippen LogP contribution in [0.3, 0.4) is 0 Å². The molecular weight excluding hydrogens is 246 g/mol. The zero-order valence-electron chi connectivity index (χ0n) is 10.9. The number of hydrogen-bond acceptors (Lipinski definition) is 2. The van der Waals surface area contributed by atoms with Crippen molar-refractivity contribution < 1.29 is 4.74 Å². The van der Waals surface area contributed by atoms with E-state index >= 15 is 0 Å². The van der Waals surface area contributed by atoms with E-state index in [1.54, 1.807) is 0 Å². The highest BCUT2D eigenvalue weighted by Crippen LogP contribution is 2.31. The molecule has 0 N–H and O–H groups in total. The summed E-state index contributed by atoms with van der Waals surface area (Å²) in [5.74, 6) is 0.858. The molecule has 2 heteroatoms. The van der Waals surface area contributed by atoms with Gasteiger partial charge in [0.2, 0.25) is 0 Å². The van der Waals surface area contributed by atoms with Crippen molar-refractivity contribution >= 4 is 22.2 Å². The Labute approximate surface area is 117 Å². The van der Waals surface area contributed by atoms with Gasteiger partial charge < -0.3 is 4.74 Å².